The van der Waals surface area contributed by atoms with Gasteiger partial charge in [-0.3, -0.25) is 4.98 Å². The van der Waals surface area contributed by atoms with Gasteiger partial charge in [0.05, 0.1) is 15.6 Å². The highest BCUT2D eigenvalue weighted by Crippen LogP contribution is 2.38. The van der Waals surface area contributed by atoms with Crippen molar-refractivity contribution in [3.05, 3.63) is 52.1 Å². The van der Waals surface area contributed by atoms with Crippen molar-refractivity contribution in [2.24, 2.45) is 5.73 Å². The molecule has 0 bridgehead atoms. The second-order valence-corrected chi connectivity index (χ2v) is 8.62. The van der Waals surface area contributed by atoms with Gasteiger partial charge in [0, 0.05) is 41.3 Å². The van der Waals surface area contributed by atoms with Gasteiger partial charge in [0.2, 0.25) is 0 Å². The first-order valence-electron chi connectivity index (χ1n) is 10.0. The number of rotatable bonds is 5. The minimum Gasteiger partial charge on any atom is -0.505 e. The molecule has 4 rings (SSSR count). The lowest BCUT2D eigenvalue weighted by atomic mass is 9.91. The van der Waals surface area contributed by atoms with E-state index in [0.717, 1.165) is 65.3 Å². The molecule has 2 aromatic carbocycles. The van der Waals surface area contributed by atoms with E-state index in [1.165, 1.54) is 0 Å². The maximum atomic E-state index is 11.3. The number of phenolic OH excluding ortho intramolecular Hbond substituents is 1. The molecule has 0 radical (unpaired) electrons. The molecule has 1 saturated carbocycles. The van der Waals surface area contributed by atoms with Crippen LogP contribution in [0.25, 0.3) is 22.0 Å². The molecule has 3 aromatic rings. The van der Waals surface area contributed by atoms with Crippen LogP contribution in [0.4, 0.5) is 5.69 Å². The van der Waals surface area contributed by atoms with Gasteiger partial charge in [-0.15, -0.1) is 0 Å². The quantitative estimate of drug-likeness (QED) is 0.463. The van der Waals surface area contributed by atoms with Crippen molar-refractivity contribution >= 4 is 46.1 Å². The van der Waals surface area contributed by atoms with Crippen molar-refractivity contribution < 1.29 is 9.90 Å². The summed E-state index contributed by atoms with van der Waals surface area (Å²) < 4.78 is 0. The predicted octanol–water partition coefficient (Wildman–Crippen LogP) is 5.34. The second-order valence-electron chi connectivity index (χ2n) is 7.81. The first-order valence-corrected chi connectivity index (χ1v) is 10.8. The van der Waals surface area contributed by atoms with Gasteiger partial charge in [0.25, 0.3) is 0 Å². The molecule has 5 nitrogen and oxygen atoms in total. The second kappa shape index (κ2) is 8.80. The number of anilines is 1. The van der Waals surface area contributed by atoms with Crippen molar-refractivity contribution in [2.45, 2.75) is 44.2 Å². The Labute approximate surface area is 185 Å². The Morgan fingerprint density at radius 2 is 1.80 bits per heavy atom. The zero-order valence-electron chi connectivity index (χ0n) is 16.4. The van der Waals surface area contributed by atoms with E-state index in [0.29, 0.717) is 12.5 Å². The minimum absolute atomic E-state index is 0.129. The molecular formula is C23H23Cl2N3O2. The number of pyridine rings is 1. The van der Waals surface area contributed by atoms with E-state index in [9.17, 15) is 9.90 Å². The molecule has 4 N–H and O–H groups in total. The number of aromatic nitrogens is 1. The van der Waals surface area contributed by atoms with Gasteiger partial charge in [-0.1, -0.05) is 29.3 Å². The number of nitrogens with one attached hydrogen (secondary N) is 1. The Bertz CT molecular complexity index is 1070. The molecule has 0 saturated heterocycles. The molecule has 1 fully saturated rings. The number of hydrogen-bond acceptors (Lipinski definition) is 5. The van der Waals surface area contributed by atoms with Crippen molar-refractivity contribution in [1.29, 1.82) is 0 Å². The van der Waals surface area contributed by atoms with E-state index in [4.69, 9.17) is 28.9 Å². The zero-order chi connectivity index (χ0) is 21.3. The van der Waals surface area contributed by atoms with E-state index in [1.54, 1.807) is 18.3 Å². The Hall–Kier alpha value is -2.34. The lowest BCUT2D eigenvalue weighted by Gasteiger charge is -2.29. The number of aromatic hydroxyl groups is 1. The monoisotopic (exact) mass is 443 g/mol. The smallest absolute Gasteiger partial charge is 0.152 e. The van der Waals surface area contributed by atoms with Gasteiger partial charge in [0.15, 0.2) is 5.75 Å². The van der Waals surface area contributed by atoms with Crippen molar-refractivity contribution in [1.82, 2.24) is 4.98 Å². The highest BCUT2D eigenvalue weighted by molar-refractivity contribution is 6.37. The van der Waals surface area contributed by atoms with Crippen LogP contribution >= 0.6 is 23.2 Å². The molecule has 7 heteroatoms. The number of halogens is 2. The fourth-order valence-corrected chi connectivity index (χ4v) is 4.52. The van der Waals surface area contributed by atoms with Crippen LogP contribution in [-0.4, -0.2) is 28.5 Å². The lowest BCUT2D eigenvalue weighted by Crippen LogP contribution is -2.33. The molecule has 0 amide bonds. The molecule has 0 spiro atoms. The Balaban J connectivity index is 1.80. The summed E-state index contributed by atoms with van der Waals surface area (Å²) in [7, 11) is 0. The lowest BCUT2D eigenvalue weighted by molar-refractivity contribution is -0.107. The number of carbonyl (C=O) groups is 1. The number of nitrogens with two attached hydrogens (primary N) is 1. The molecule has 0 unspecified atom stereocenters. The maximum Gasteiger partial charge on any atom is 0.152 e. The van der Waals surface area contributed by atoms with E-state index >= 15 is 0 Å². The van der Waals surface area contributed by atoms with Crippen LogP contribution in [0, 0.1) is 0 Å². The third kappa shape index (κ3) is 4.24. The summed E-state index contributed by atoms with van der Waals surface area (Å²) in [6.45, 7) is 0. The molecule has 1 heterocycles. The van der Waals surface area contributed by atoms with Crippen LogP contribution in [0.15, 0.2) is 36.5 Å². The van der Waals surface area contributed by atoms with Crippen molar-refractivity contribution in [3.63, 3.8) is 0 Å². The molecule has 0 aliphatic heterocycles. The fraction of sp³-hybridized carbons (Fsp3) is 0.304. The van der Waals surface area contributed by atoms with E-state index in [2.05, 4.69) is 10.3 Å². The number of fused-ring (bicyclic) bond motifs is 1. The Kier molecular flexibility index (Phi) is 6.14. The number of hydrogen-bond donors (Lipinski definition) is 3. The SMILES string of the molecule is NC1CCC(Nc2c(CC=O)cnc3ccc(-c4cc(Cl)c(O)c(Cl)c4)cc23)CC1. The van der Waals surface area contributed by atoms with E-state index in [1.807, 2.05) is 18.2 Å². The Morgan fingerprint density at radius 3 is 2.47 bits per heavy atom. The van der Waals surface area contributed by atoms with Crippen LogP contribution in [0.2, 0.25) is 10.0 Å². The van der Waals surface area contributed by atoms with E-state index < -0.39 is 0 Å². The summed E-state index contributed by atoms with van der Waals surface area (Å²) in [5.41, 5.74) is 10.4. The molecule has 30 heavy (non-hydrogen) atoms. The van der Waals surface area contributed by atoms with E-state index in [-0.39, 0.29) is 21.8 Å². The maximum absolute atomic E-state index is 11.3. The predicted molar refractivity (Wildman–Crippen MR) is 122 cm³/mol. The number of phenols is 1. The highest BCUT2D eigenvalue weighted by Gasteiger charge is 2.21. The molecular weight excluding hydrogens is 421 g/mol. The molecule has 1 aliphatic carbocycles. The van der Waals surface area contributed by atoms with Gasteiger partial charge in [-0.2, -0.15) is 0 Å². The zero-order valence-corrected chi connectivity index (χ0v) is 17.9. The Morgan fingerprint density at radius 1 is 1.10 bits per heavy atom. The van der Waals surface area contributed by atoms with Gasteiger partial charge >= 0.3 is 0 Å². The highest BCUT2D eigenvalue weighted by atomic mass is 35.5. The van der Waals surface area contributed by atoms with Gasteiger partial charge in [0.1, 0.15) is 6.29 Å². The summed E-state index contributed by atoms with van der Waals surface area (Å²) in [5.74, 6) is -0.129. The minimum atomic E-state index is -0.129. The third-order valence-corrected chi connectivity index (χ3v) is 6.30. The molecule has 1 aliphatic rings. The summed E-state index contributed by atoms with van der Waals surface area (Å²) >= 11 is 12.2. The van der Waals surface area contributed by atoms with Crippen LogP contribution in [0.5, 0.6) is 5.75 Å². The van der Waals surface area contributed by atoms with Crippen molar-refractivity contribution in [2.75, 3.05) is 5.32 Å². The van der Waals surface area contributed by atoms with Crippen LogP contribution in [0.1, 0.15) is 31.2 Å². The van der Waals surface area contributed by atoms with Crippen LogP contribution in [-0.2, 0) is 11.2 Å². The summed E-state index contributed by atoms with van der Waals surface area (Å²) in [6.07, 6.45) is 6.91. The largest absolute Gasteiger partial charge is 0.505 e. The topological polar surface area (TPSA) is 88.2 Å². The number of benzene rings is 2. The first-order chi connectivity index (χ1) is 14.5. The first kappa shape index (κ1) is 20.9. The standard InChI is InChI=1S/C23H23Cl2N3O2/c24-19-10-15(11-20(25)23(19)30)13-1-6-21-18(9-13)22(14(7-8-29)12-27-21)28-17-4-2-16(26)3-5-17/h1,6,8-12,16-17,30H,2-5,7,26H2,(H,27,28). The van der Waals surface area contributed by atoms with Crippen LogP contribution in [0.3, 0.4) is 0 Å². The van der Waals surface area contributed by atoms with Gasteiger partial charge in [-0.25, -0.2) is 0 Å². The van der Waals surface area contributed by atoms with Crippen LogP contribution < -0.4 is 11.1 Å². The van der Waals surface area contributed by atoms with Gasteiger partial charge < -0.3 is 21.0 Å². The van der Waals surface area contributed by atoms with Gasteiger partial charge in [-0.05, 0) is 61.1 Å². The van der Waals surface area contributed by atoms with Crippen molar-refractivity contribution in [3.8, 4) is 16.9 Å². The average molecular weight is 444 g/mol. The number of carbonyl (C=O) groups excluding carboxylic acids is 1. The number of nitrogens with zero attached hydrogens (tertiary/aromatic N) is 1. The fourth-order valence-electron chi connectivity index (χ4n) is 4.03. The molecule has 0 atom stereocenters. The summed E-state index contributed by atoms with van der Waals surface area (Å²) in [6, 6.07) is 9.84. The molecule has 156 valence electrons. The summed E-state index contributed by atoms with van der Waals surface area (Å²) in [5, 5.41) is 14.9. The number of aldehydes is 1. The average Bonchev–Trinajstić information content (AvgIpc) is 2.74. The third-order valence-electron chi connectivity index (χ3n) is 5.72. The normalized spacial score (nSPS) is 19.0. The summed E-state index contributed by atoms with van der Waals surface area (Å²) in [4.78, 5) is 15.8. The molecule has 1 aromatic heterocycles.